The van der Waals surface area contributed by atoms with E-state index in [9.17, 15) is 9.90 Å². The number of hydrogen-bond donors (Lipinski definition) is 1. The molecule has 186 valence electrons. The van der Waals surface area contributed by atoms with E-state index in [-0.39, 0.29) is 18.6 Å². The number of thiocarbonyl (C=S) groups is 1. The molecule has 7 heteroatoms. The van der Waals surface area contributed by atoms with Gasteiger partial charge in [-0.3, -0.25) is 9.69 Å². The summed E-state index contributed by atoms with van der Waals surface area (Å²) in [6.45, 7) is 0.224. The Kier molecular flexibility index (Phi) is 7.37. The number of aryl methyl sites for hydroxylation is 1. The van der Waals surface area contributed by atoms with Gasteiger partial charge in [-0.05, 0) is 80.2 Å². The van der Waals surface area contributed by atoms with Crippen molar-refractivity contribution < 1.29 is 14.6 Å². The molecule has 5 nitrogen and oxygen atoms in total. The summed E-state index contributed by atoms with van der Waals surface area (Å²) in [7, 11) is 3.74. The Bertz CT molecular complexity index is 1160. The van der Waals surface area contributed by atoms with Crippen molar-refractivity contribution in [3.8, 4) is 17.0 Å². The number of aromatic nitrogens is 1. The highest BCUT2D eigenvalue weighted by Crippen LogP contribution is 2.49. The Labute approximate surface area is 217 Å². The van der Waals surface area contributed by atoms with E-state index >= 15 is 0 Å². The SMILES string of the molecule is COc1cccc(-c2cc(CCCCCO)c(/C=C3\SC(=S)N(C4CC5CCC4C5)C3=O)n2C)c1. The normalized spacial score (nSPS) is 24.8. The first-order chi connectivity index (χ1) is 17.0. The summed E-state index contributed by atoms with van der Waals surface area (Å²) >= 11 is 7.17. The highest BCUT2D eigenvalue weighted by molar-refractivity contribution is 8.26. The van der Waals surface area contributed by atoms with Gasteiger partial charge in [0.25, 0.3) is 5.91 Å². The Morgan fingerprint density at radius 1 is 1.20 bits per heavy atom. The average molecular weight is 511 g/mol. The Balaban J connectivity index is 1.47. The molecule has 3 unspecified atom stereocenters. The second kappa shape index (κ2) is 10.5. The van der Waals surface area contributed by atoms with Crippen molar-refractivity contribution in [2.75, 3.05) is 13.7 Å². The number of nitrogens with zero attached hydrogens (tertiary/aromatic N) is 2. The fraction of sp³-hybridized carbons (Fsp3) is 0.500. The van der Waals surface area contributed by atoms with Gasteiger partial charge in [-0.1, -0.05) is 49.0 Å². The highest BCUT2D eigenvalue weighted by Gasteiger charge is 2.48. The number of hydrogen-bond acceptors (Lipinski definition) is 5. The van der Waals surface area contributed by atoms with E-state index in [0.29, 0.717) is 10.2 Å². The summed E-state index contributed by atoms with van der Waals surface area (Å²) in [5.41, 5.74) is 4.45. The molecule has 2 bridgehead atoms. The lowest BCUT2D eigenvalue weighted by Gasteiger charge is -2.30. The third kappa shape index (κ3) is 4.83. The molecule has 1 aliphatic heterocycles. The van der Waals surface area contributed by atoms with Crippen LogP contribution >= 0.6 is 24.0 Å². The lowest BCUT2D eigenvalue weighted by Crippen LogP contribution is -2.41. The largest absolute Gasteiger partial charge is 0.497 e. The number of rotatable bonds is 9. The van der Waals surface area contributed by atoms with Crippen LogP contribution in [-0.2, 0) is 18.3 Å². The number of fused-ring (bicyclic) bond motifs is 2. The first kappa shape index (κ1) is 24.6. The Hall–Kier alpha value is -2.09. The van der Waals surface area contributed by atoms with Crippen LogP contribution in [0, 0.1) is 11.8 Å². The molecular formula is C28H34N2O3S2. The Morgan fingerprint density at radius 2 is 2.06 bits per heavy atom. The Morgan fingerprint density at radius 3 is 2.77 bits per heavy atom. The van der Waals surface area contributed by atoms with E-state index < -0.39 is 0 Å². The number of carbonyl (C=O) groups is 1. The predicted octanol–water partition coefficient (Wildman–Crippen LogP) is 5.80. The third-order valence-electron chi connectivity index (χ3n) is 7.96. The molecule has 1 aromatic carbocycles. The molecule has 5 rings (SSSR count). The van der Waals surface area contributed by atoms with E-state index in [1.165, 1.54) is 36.6 Å². The van der Waals surface area contributed by atoms with Crippen molar-refractivity contribution in [3.05, 3.63) is 46.5 Å². The first-order valence-electron chi connectivity index (χ1n) is 12.7. The zero-order valence-electron chi connectivity index (χ0n) is 20.5. The second-order valence-corrected chi connectivity index (χ2v) is 11.7. The maximum atomic E-state index is 13.6. The summed E-state index contributed by atoms with van der Waals surface area (Å²) in [5, 5.41) is 9.18. The van der Waals surface area contributed by atoms with Crippen LogP contribution in [-0.4, -0.2) is 44.6 Å². The van der Waals surface area contributed by atoms with Gasteiger partial charge >= 0.3 is 0 Å². The summed E-state index contributed by atoms with van der Waals surface area (Å²) in [6, 6.07) is 10.6. The lowest BCUT2D eigenvalue weighted by atomic mass is 9.94. The van der Waals surface area contributed by atoms with Crippen molar-refractivity contribution in [2.24, 2.45) is 18.9 Å². The molecule has 3 aliphatic rings. The molecule has 3 fully saturated rings. The number of benzene rings is 1. The number of aliphatic hydroxyl groups excluding tert-OH is 1. The summed E-state index contributed by atoms with van der Waals surface area (Å²) in [5.74, 6) is 2.27. The molecule has 0 radical (unpaired) electrons. The number of aliphatic hydroxyl groups is 1. The molecule has 2 saturated carbocycles. The monoisotopic (exact) mass is 510 g/mol. The maximum absolute atomic E-state index is 13.6. The van der Waals surface area contributed by atoms with Gasteiger partial charge in [-0.25, -0.2) is 0 Å². The van der Waals surface area contributed by atoms with E-state index in [4.69, 9.17) is 17.0 Å². The van der Waals surface area contributed by atoms with Crippen molar-refractivity contribution in [1.29, 1.82) is 0 Å². The molecule has 1 N–H and O–H groups in total. The van der Waals surface area contributed by atoms with Crippen LogP contribution in [0.5, 0.6) is 5.75 Å². The molecule has 2 aromatic rings. The summed E-state index contributed by atoms with van der Waals surface area (Å²) < 4.78 is 8.34. The van der Waals surface area contributed by atoms with Gasteiger partial charge < -0.3 is 14.4 Å². The molecule has 1 saturated heterocycles. The number of ether oxygens (including phenoxy) is 1. The van der Waals surface area contributed by atoms with E-state index in [1.54, 1.807) is 7.11 Å². The van der Waals surface area contributed by atoms with Gasteiger partial charge in [0.05, 0.1) is 12.0 Å². The van der Waals surface area contributed by atoms with E-state index in [1.807, 2.05) is 23.1 Å². The van der Waals surface area contributed by atoms with Crippen LogP contribution in [0.3, 0.4) is 0 Å². The maximum Gasteiger partial charge on any atom is 0.266 e. The standard InChI is InChI=1S/C28H34N2O3S2/c1-29-23(19-8-6-9-22(15-19)33-2)16-20(7-4-3-5-12-31)24(29)17-26-27(32)30(28(34)35-26)25-14-18-10-11-21(25)13-18/h6,8-9,15-18,21,25,31H,3-5,7,10-14H2,1-2H3/b26-17-. The van der Waals surface area contributed by atoms with E-state index in [0.717, 1.165) is 65.6 Å². The zero-order valence-corrected chi connectivity index (χ0v) is 22.2. The third-order valence-corrected chi connectivity index (χ3v) is 9.29. The van der Waals surface area contributed by atoms with Gasteiger partial charge in [0.15, 0.2) is 0 Å². The van der Waals surface area contributed by atoms with Gasteiger partial charge in [-0.15, -0.1) is 0 Å². The van der Waals surface area contributed by atoms with Crippen molar-refractivity contribution in [1.82, 2.24) is 9.47 Å². The molecule has 35 heavy (non-hydrogen) atoms. The summed E-state index contributed by atoms with van der Waals surface area (Å²) in [6.07, 6.45) is 10.6. The van der Waals surface area contributed by atoms with Crippen molar-refractivity contribution in [3.63, 3.8) is 0 Å². The molecule has 1 amide bonds. The number of amides is 1. The molecule has 1 aromatic heterocycles. The van der Waals surface area contributed by atoms with Crippen LogP contribution in [0.1, 0.15) is 56.2 Å². The van der Waals surface area contributed by atoms with Gasteiger partial charge in [0, 0.05) is 36.6 Å². The molecule has 0 spiro atoms. The average Bonchev–Trinajstić information content (AvgIpc) is 3.62. The van der Waals surface area contributed by atoms with E-state index in [2.05, 4.69) is 29.8 Å². The number of unbranched alkanes of at least 4 members (excludes halogenated alkanes) is 2. The number of methoxy groups -OCH3 is 1. The number of carbonyl (C=O) groups excluding carboxylic acids is 1. The second-order valence-electron chi connectivity index (χ2n) is 10.1. The van der Waals surface area contributed by atoms with Gasteiger partial charge in [-0.2, -0.15) is 0 Å². The quantitative estimate of drug-likeness (QED) is 0.263. The van der Waals surface area contributed by atoms with Gasteiger partial charge in [0.1, 0.15) is 10.1 Å². The minimum absolute atomic E-state index is 0.0768. The van der Waals surface area contributed by atoms with Crippen LogP contribution in [0.2, 0.25) is 0 Å². The van der Waals surface area contributed by atoms with Gasteiger partial charge in [0.2, 0.25) is 0 Å². The van der Waals surface area contributed by atoms with Crippen LogP contribution in [0.25, 0.3) is 17.3 Å². The minimum atomic E-state index is 0.0768. The highest BCUT2D eigenvalue weighted by atomic mass is 32.2. The lowest BCUT2D eigenvalue weighted by molar-refractivity contribution is -0.124. The molecule has 2 heterocycles. The fourth-order valence-electron chi connectivity index (χ4n) is 6.15. The molecular weight excluding hydrogens is 476 g/mol. The first-order valence-corrected chi connectivity index (χ1v) is 13.9. The zero-order chi connectivity index (χ0) is 24.5. The topological polar surface area (TPSA) is 54.7 Å². The fourth-order valence-corrected chi connectivity index (χ4v) is 7.50. The molecule has 3 atom stereocenters. The number of thioether (sulfide) groups is 1. The van der Waals surface area contributed by atoms with Crippen LogP contribution < -0.4 is 4.74 Å². The van der Waals surface area contributed by atoms with Crippen molar-refractivity contribution >= 4 is 40.3 Å². The summed E-state index contributed by atoms with van der Waals surface area (Å²) in [4.78, 5) is 16.2. The smallest absolute Gasteiger partial charge is 0.266 e. The molecule has 2 aliphatic carbocycles. The van der Waals surface area contributed by atoms with Crippen LogP contribution in [0.15, 0.2) is 35.2 Å². The minimum Gasteiger partial charge on any atom is -0.497 e. The van der Waals surface area contributed by atoms with Crippen molar-refractivity contribution in [2.45, 2.75) is 57.4 Å². The predicted molar refractivity (Wildman–Crippen MR) is 146 cm³/mol. The van der Waals surface area contributed by atoms with Crippen LogP contribution in [0.4, 0.5) is 0 Å².